The number of benzene rings is 1. The standard InChI is InChI=1S/C18H21FN4O/c19-15-4-2-14(3-5-15)13-22-8-1-9-23(11-10-22)16-6-7-21-17(12-16)18(20)24/h2-7,12H,1,8-11,13H2,(H2,20,24). The Labute approximate surface area is 140 Å². The van der Waals surface area contributed by atoms with Gasteiger partial charge in [-0.2, -0.15) is 0 Å². The topological polar surface area (TPSA) is 62.5 Å². The lowest BCUT2D eigenvalue weighted by molar-refractivity contribution is 0.0995. The zero-order valence-electron chi connectivity index (χ0n) is 13.5. The molecule has 2 heterocycles. The molecule has 24 heavy (non-hydrogen) atoms. The number of nitrogens with two attached hydrogens (primary N) is 1. The van der Waals surface area contributed by atoms with Crippen molar-refractivity contribution in [2.45, 2.75) is 13.0 Å². The number of nitrogens with zero attached hydrogens (tertiary/aromatic N) is 3. The number of carbonyl (C=O) groups is 1. The van der Waals surface area contributed by atoms with Gasteiger partial charge in [0.15, 0.2) is 0 Å². The molecule has 1 aromatic carbocycles. The minimum absolute atomic E-state index is 0.205. The molecule has 6 heteroatoms. The van der Waals surface area contributed by atoms with Crippen LogP contribution in [0.5, 0.6) is 0 Å². The Morgan fingerprint density at radius 1 is 1.12 bits per heavy atom. The first kappa shape index (κ1) is 16.4. The molecule has 2 aromatic rings. The molecule has 0 saturated carbocycles. The number of anilines is 1. The maximum atomic E-state index is 13.0. The first-order chi connectivity index (χ1) is 11.6. The van der Waals surface area contributed by atoms with Gasteiger partial charge in [-0.3, -0.25) is 14.7 Å². The van der Waals surface area contributed by atoms with E-state index in [2.05, 4.69) is 14.8 Å². The third-order valence-electron chi connectivity index (χ3n) is 4.27. The summed E-state index contributed by atoms with van der Waals surface area (Å²) in [5.41, 5.74) is 7.69. The van der Waals surface area contributed by atoms with Crippen LogP contribution in [-0.2, 0) is 6.54 Å². The summed E-state index contributed by atoms with van der Waals surface area (Å²) in [6, 6.07) is 10.3. The Balaban J connectivity index is 1.63. The number of amides is 1. The van der Waals surface area contributed by atoms with E-state index >= 15 is 0 Å². The van der Waals surface area contributed by atoms with Crippen LogP contribution in [0.3, 0.4) is 0 Å². The SMILES string of the molecule is NC(=O)c1cc(N2CCCN(Cc3ccc(F)cc3)CC2)ccn1. The van der Waals surface area contributed by atoms with Gasteiger partial charge < -0.3 is 10.6 Å². The van der Waals surface area contributed by atoms with Crippen LogP contribution in [0, 0.1) is 5.82 Å². The van der Waals surface area contributed by atoms with E-state index in [0.29, 0.717) is 5.69 Å². The fraction of sp³-hybridized carbons (Fsp3) is 0.333. The number of carbonyl (C=O) groups excluding carboxylic acids is 1. The van der Waals surface area contributed by atoms with Crippen LogP contribution in [0.2, 0.25) is 0 Å². The number of rotatable bonds is 4. The molecule has 0 radical (unpaired) electrons. The van der Waals surface area contributed by atoms with Crippen molar-refractivity contribution in [2.24, 2.45) is 5.73 Å². The summed E-state index contributed by atoms with van der Waals surface area (Å²) in [4.78, 5) is 19.9. The molecule has 1 fully saturated rings. The van der Waals surface area contributed by atoms with Crippen molar-refractivity contribution in [1.29, 1.82) is 0 Å². The number of hydrogen-bond donors (Lipinski definition) is 1. The van der Waals surface area contributed by atoms with Crippen LogP contribution in [0.25, 0.3) is 0 Å². The molecule has 126 valence electrons. The van der Waals surface area contributed by atoms with E-state index in [4.69, 9.17) is 5.73 Å². The summed E-state index contributed by atoms with van der Waals surface area (Å²) in [5, 5.41) is 0. The van der Waals surface area contributed by atoms with E-state index in [1.54, 1.807) is 12.3 Å². The third kappa shape index (κ3) is 4.08. The van der Waals surface area contributed by atoms with Crippen LogP contribution in [0.1, 0.15) is 22.5 Å². The van der Waals surface area contributed by atoms with Gasteiger partial charge in [-0.1, -0.05) is 12.1 Å². The zero-order valence-corrected chi connectivity index (χ0v) is 13.5. The van der Waals surface area contributed by atoms with E-state index in [1.807, 2.05) is 18.2 Å². The largest absolute Gasteiger partial charge is 0.370 e. The molecule has 1 aromatic heterocycles. The van der Waals surface area contributed by atoms with Crippen molar-refractivity contribution in [1.82, 2.24) is 9.88 Å². The molecule has 3 rings (SSSR count). The number of pyridine rings is 1. The van der Waals surface area contributed by atoms with Gasteiger partial charge in [-0.05, 0) is 36.2 Å². The van der Waals surface area contributed by atoms with Crippen LogP contribution in [0.15, 0.2) is 42.6 Å². The molecule has 1 aliphatic heterocycles. The first-order valence-corrected chi connectivity index (χ1v) is 8.09. The van der Waals surface area contributed by atoms with Gasteiger partial charge in [0.25, 0.3) is 5.91 Å². The quantitative estimate of drug-likeness (QED) is 0.933. The molecule has 2 N–H and O–H groups in total. The highest BCUT2D eigenvalue weighted by molar-refractivity contribution is 5.91. The monoisotopic (exact) mass is 328 g/mol. The van der Waals surface area contributed by atoms with Crippen molar-refractivity contribution < 1.29 is 9.18 Å². The Morgan fingerprint density at radius 2 is 1.92 bits per heavy atom. The van der Waals surface area contributed by atoms with Crippen LogP contribution in [-0.4, -0.2) is 42.0 Å². The number of hydrogen-bond acceptors (Lipinski definition) is 4. The Kier molecular flexibility index (Phi) is 5.05. The average molecular weight is 328 g/mol. The summed E-state index contributed by atoms with van der Waals surface area (Å²) in [6.45, 7) is 4.50. The van der Waals surface area contributed by atoms with Gasteiger partial charge in [-0.15, -0.1) is 0 Å². The second kappa shape index (κ2) is 7.40. The number of halogens is 1. The predicted octanol–water partition coefficient (Wildman–Crippen LogP) is 2.03. The summed E-state index contributed by atoms with van der Waals surface area (Å²) in [7, 11) is 0. The smallest absolute Gasteiger partial charge is 0.267 e. The minimum Gasteiger partial charge on any atom is -0.370 e. The summed E-state index contributed by atoms with van der Waals surface area (Å²) in [5.74, 6) is -0.714. The zero-order chi connectivity index (χ0) is 16.9. The van der Waals surface area contributed by atoms with Gasteiger partial charge in [-0.25, -0.2) is 4.39 Å². The second-order valence-corrected chi connectivity index (χ2v) is 6.01. The molecule has 0 aliphatic carbocycles. The highest BCUT2D eigenvalue weighted by Gasteiger charge is 2.16. The van der Waals surface area contributed by atoms with Gasteiger partial charge in [0.1, 0.15) is 11.5 Å². The normalized spacial score (nSPS) is 16.0. The van der Waals surface area contributed by atoms with Gasteiger partial charge >= 0.3 is 0 Å². The van der Waals surface area contributed by atoms with Crippen molar-refractivity contribution in [3.05, 3.63) is 59.7 Å². The average Bonchev–Trinajstić information content (AvgIpc) is 2.83. The number of primary amides is 1. The maximum Gasteiger partial charge on any atom is 0.267 e. The molecule has 0 spiro atoms. The fourth-order valence-corrected chi connectivity index (χ4v) is 2.99. The molecule has 1 saturated heterocycles. The van der Waals surface area contributed by atoms with E-state index in [0.717, 1.165) is 50.4 Å². The summed E-state index contributed by atoms with van der Waals surface area (Å²) >= 11 is 0. The van der Waals surface area contributed by atoms with E-state index in [9.17, 15) is 9.18 Å². The molecular weight excluding hydrogens is 307 g/mol. The molecule has 5 nitrogen and oxygen atoms in total. The van der Waals surface area contributed by atoms with Gasteiger partial charge in [0.2, 0.25) is 0 Å². The van der Waals surface area contributed by atoms with Crippen molar-refractivity contribution in [2.75, 3.05) is 31.1 Å². The maximum absolute atomic E-state index is 13.0. The molecule has 0 bridgehead atoms. The van der Waals surface area contributed by atoms with E-state index in [1.165, 1.54) is 12.1 Å². The molecule has 0 atom stereocenters. The van der Waals surface area contributed by atoms with Crippen LogP contribution < -0.4 is 10.6 Å². The molecule has 1 amide bonds. The highest BCUT2D eigenvalue weighted by atomic mass is 19.1. The van der Waals surface area contributed by atoms with E-state index < -0.39 is 5.91 Å². The lowest BCUT2D eigenvalue weighted by Gasteiger charge is -2.24. The fourth-order valence-electron chi connectivity index (χ4n) is 2.99. The lowest BCUT2D eigenvalue weighted by atomic mass is 10.2. The Hall–Kier alpha value is -2.47. The lowest BCUT2D eigenvalue weighted by Crippen LogP contribution is -2.30. The Bertz CT molecular complexity index is 704. The van der Waals surface area contributed by atoms with Crippen LogP contribution in [0.4, 0.5) is 10.1 Å². The highest BCUT2D eigenvalue weighted by Crippen LogP contribution is 2.18. The number of aromatic nitrogens is 1. The van der Waals surface area contributed by atoms with Crippen LogP contribution >= 0.6 is 0 Å². The third-order valence-corrected chi connectivity index (χ3v) is 4.27. The minimum atomic E-state index is -0.510. The summed E-state index contributed by atoms with van der Waals surface area (Å²) < 4.78 is 13.0. The van der Waals surface area contributed by atoms with Gasteiger partial charge in [0, 0.05) is 44.6 Å². The van der Waals surface area contributed by atoms with Crippen molar-refractivity contribution in [3.8, 4) is 0 Å². The molecule has 1 aliphatic rings. The van der Waals surface area contributed by atoms with Gasteiger partial charge in [0.05, 0.1) is 0 Å². The van der Waals surface area contributed by atoms with Crippen molar-refractivity contribution in [3.63, 3.8) is 0 Å². The Morgan fingerprint density at radius 3 is 2.67 bits per heavy atom. The van der Waals surface area contributed by atoms with E-state index in [-0.39, 0.29) is 5.82 Å². The first-order valence-electron chi connectivity index (χ1n) is 8.09. The predicted molar refractivity (Wildman–Crippen MR) is 91.3 cm³/mol. The van der Waals surface area contributed by atoms with Crippen molar-refractivity contribution >= 4 is 11.6 Å². The molecule has 0 unspecified atom stereocenters. The second-order valence-electron chi connectivity index (χ2n) is 6.01. The summed E-state index contributed by atoms with van der Waals surface area (Å²) in [6.07, 6.45) is 2.64. The molecular formula is C18H21FN4O.